The molecule has 1 aromatic heterocycles. The number of aromatic nitrogens is 1. The van der Waals surface area contributed by atoms with Crippen LogP contribution in [0.25, 0.3) is 0 Å². The summed E-state index contributed by atoms with van der Waals surface area (Å²) in [4.78, 5) is 4.31. The lowest BCUT2D eigenvalue weighted by Gasteiger charge is -2.19. The smallest absolute Gasteiger partial charge is 0.137 e. The van der Waals surface area contributed by atoms with Gasteiger partial charge >= 0.3 is 0 Å². The lowest BCUT2D eigenvalue weighted by atomic mass is 10.00. The number of ether oxygens (including phenoxy) is 1. The second-order valence-electron chi connectivity index (χ2n) is 5.08. The molecular weight excluding hydrogens is 260 g/mol. The number of nitrogens with zero attached hydrogens (tertiary/aromatic N) is 1. The van der Waals surface area contributed by atoms with Crippen LogP contribution in [0, 0.1) is 0 Å². The summed E-state index contributed by atoms with van der Waals surface area (Å²) in [5, 5.41) is 3.61. The lowest BCUT2D eigenvalue weighted by Crippen LogP contribution is -2.24. The van der Waals surface area contributed by atoms with Gasteiger partial charge in [-0.1, -0.05) is 37.3 Å². The van der Waals surface area contributed by atoms with Gasteiger partial charge in [-0.2, -0.15) is 0 Å². The molecule has 0 aliphatic carbocycles. The zero-order valence-electron chi connectivity index (χ0n) is 12.9. The molecule has 2 aromatic rings. The monoisotopic (exact) mass is 284 g/mol. The molecule has 1 unspecified atom stereocenters. The first-order valence-electron chi connectivity index (χ1n) is 7.68. The van der Waals surface area contributed by atoms with Crippen LogP contribution in [0.3, 0.4) is 0 Å². The third-order valence-electron chi connectivity index (χ3n) is 3.37. The minimum Gasteiger partial charge on any atom is -0.492 e. The molecule has 1 atom stereocenters. The van der Waals surface area contributed by atoms with E-state index in [1.54, 1.807) is 6.20 Å². The molecule has 1 N–H and O–H groups in total. The molecule has 0 saturated carbocycles. The number of pyridine rings is 1. The predicted molar refractivity (Wildman–Crippen MR) is 86.6 cm³/mol. The summed E-state index contributed by atoms with van der Waals surface area (Å²) in [5.74, 6) is 0.839. The molecule has 0 amide bonds. The van der Waals surface area contributed by atoms with Crippen molar-refractivity contribution in [2.45, 2.75) is 32.7 Å². The van der Waals surface area contributed by atoms with Gasteiger partial charge in [0.25, 0.3) is 0 Å². The topological polar surface area (TPSA) is 34.2 Å². The highest BCUT2D eigenvalue weighted by atomic mass is 16.5. The normalized spacial score (nSPS) is 12.1. The summed E-state index contributed by atoms with van der Waals surface area (Å²) in [7, 11) is 0. The average molecular weight is 284 g/mol. The first-order chi connectivity index (χ1) is 10.3. The third kappa shape index (κ3) is 4.87. The Bertz CT molecular complexity index is 528. The molecule has 0 saturated heterocycles. The maximum atomic E-state index is 5.56. The van der Waals surface area contributed by atoms with Crippen molar-refractivity contribution in [1.82, 2.24) is 10.3 Å². The molecule has 0 spiro atoms. The van der Waals surface area contributed by atoms with Crippen molar-refractivity contribution < 1.29 is 4.74 Å². The first-order valence-corrected chi connectivity index (χ1v) is 7.68. The van der Waals surface area contributed by atoms with Gasteiger partial charge in [-0.3, -0.25) is 4.98 Å². The van der Waals surface area contributed by atoms with E-state index in [2.05, 4.69) is 53.6 Å². The van der Waals surface area contributed by atoms with Crippen molar-refractivity contribution in [2.24, 2.45) is 0 Å². The van der Waals surface area contributed by atoms with Crippen LogP contribution in [-0.4, -0.2) is 18.1 Å². The van der Waals surface area contributed by atoms with E-state index in [0.717, 1.165) is 25.1 Å². The molecule has 0 aliphatic heterocycles. The van der Waals surface area contributed by atoms with Gasteiger partial charge in [-0.05, 0) is 43.5 Å². The Kier molecular flexibility index (Phi) is 6.22. The van der Waals surface area contributed by atoms with Crippen LogP contribution in [0.15, 0.2) is 48.8 Å². The fourth-order valence-electron chi connectivity index (χ4n) is 2.35. The van der Waals surface area contributed by atoms with Crippen LogP contribution in [0.4, 0.5) is 0 Å². The summed E-state index contributed by atoms with van der Waals surface area (Å²) < 4.78 is 5.56. The second-order valence-corrected chi connectivity index (χ2v) is 5.08. The summed E-state index contributed by atoms with van der Waals surface area (Å²) in [6.45, 7) is 5.83. The average Bonchev–Trinajstić information content (AvgIpc) is 2.53. The highest BCUT2D eigenvalue weighted by molar-refractivity contribution is 5.28. The highest BCUT2D eigenvalue weighted by Gasteiger charge is 2.13. The maximum absolute atomic E-state index is 5.56. The zero-order valence-corrected chi connectivity index (χ0v) is 12.9. The quantitative estimate of drug-likeness (QED) is 0.801. The van der Waals surface area contributed by atoms with Crippen LogP contribution in [0.5, 0.6) is 5.75 Å². The Morgan fingerprint density at radius 1 is 1.14 bits per heavy atom. The molecule has 1 heterocycles. The van der Waals surface area contributed by atoms with Gasteiger partial charge in [0.1, 0.15) is 5.75 Å². The fraction of sp³-hybridized carbons (Fsp3) is 0.389. The number of benzene rings is 1. The number of rotatable bonds is 8. The minimum atomic E-state index is 0.264. The van der Waals surface area contributed by atoms with E-state index in [1.807, 2.05) is 13.1 Å². The molecule has 3 nitrogen and oxygen atoms in total. The Morgan fingerprint density at radius 2 is 1.95 bits per heavy atom. The van der Waals surface area contributed by atoms with Crippen LogP contribution >= 0.6 is 0 Å². The van der Waals surface area contributed by atoms with Gasteiger partial charge < -0.3 is 10.1 Å². The first kappa shape index (κ1) is 15.5. The van der Waals surface area contributed by atoms with Crippen molar-refractivity contribution in [3.05, 3.63) is 59.9 Å². The molecule has 0 bridgehead atoms. The van der Waals surface area contributed by atoms with Gasteiger partial charge in [-0.25, -0.2) is 0 Å². The van der Waals surface area contributed by atoms with E-state index in [-0.39, 0.29) is 6.04 Å². The Labute approximate surface area is 127 Å². The summed E-state index contributed by atoms with van der Waals surface area (Å²) in [5.41, 5.74) is 2.51. The van der Waals surface area contributed by atoms with E-state index < -0.39 is 0 Å². The van der Waals surface area contributed by atoms with Gasteiger partial charge in [0, 0.05) is 12.2 Å². The van der Waals surface area contributed by atoms with E-state index in [4.69, 9.17) is 4.74 Å². The Balaban J connectivity index is 2.16. The Morgan fingerprint density at radius 3 is 2.67 bits per heavy atom. The molecule has 21 heavy (non-hydrogen) atoms. The van der Waals surface area contributed by atoms with Gasteiger partial charge in [0.15, 0.2) is 0 Å². The fourth-order valence-corrected chi connectivity index (χ4v) is 2.35. The van der Waals surface area contributed by atoms with Crippen molar-refractivity contribution in [2.75, 3.05) is 13.2 Å². The number of hydrogen-bond acceptors (Lipinski definition) is 3. The van der Waals surface area contributed by atoms with Crippen LogP contribution in [0.2, 0.25) is 0 Å². The number of hydrogen-bond donors (Lipinski definition) is 1. The van der Waals surface area contributed by atoms with Crippen LogP contribution in [0.1, 0.15) is 37.4 Å². The van der Waals surface area contributed by atoms with Crippen LogP contribution in [-0.2, 0) is 6.42 Å². The Hall–Kier alpha value is -1.87. The summed E-state index contributed by atoms with van der Waals surface area (Å²) in [6.07, 6.45) is 5.77. The molecule has 2 rings (SSSR count). The van der Waals surface area contributed by atoms with Gasteiger partial charge in [0.2, 0.25) is 0 Å². The SMILES string of the molecule is CCCNC(Cc1ccccc1)c1cncc(OCC)c1. The van der Waals surface area contributed by atoms with Gasteiger partial charge in [0.05, 0.1) is 12.8 Å². The van der Waals surface area contributed by atoms with E-state index in [0.29, 0.717) is 6.61 Å². The highest BCUT2D eigenvalue weighted by Crippen LogP contribution is 2.21. The molecule has 1 aromatic carbocycles. The number of nitrogens with one attached hydrogen (secondary N) is 1. The molecular formula is C18H24N2O. The largest absolute Gasteiger partial charge is 0.492 e. The lowest BCUT2D eigenvalue weighted by molar-refractivity contribution is 0.337. The van der Waals surface area contributed by atoms with Crippen molar-refractivity contribution in [3.63, 3.8) is 0 Å². The molecule has 112 valence electrons. The van der Waals surface area contributed by atoms with Crippen molar-refractivity contribution >= 4 is 0 Å². The molecule has 0 aliphatic rings. The molecule has 0 radical (unpaired) electrons. The predicted octanol–water partition coefficient (Wildman–Crippen LogP) is 3.76. The van der Waals surface area contributed by atoms with E-state index in [9.17, 15) is 0 Å². The minimum absolute atomic E-state index is 0.264. The van der Waals surface area contributed by atoms with E-state index in [1.165, 1.54) is 11.1 Å². The standard InChI is InChI=1S/C18H24N2O/c1-3-10-20-18(11-15-8-6-5-7-9-15)16-12-17(21-4-2)14-19-13-16/h5-9,12-14,18,20H,3-4,10-11H2,1-2H3. The zero-order chi connectivity index (χ0) is 14.9. The second kappa shape index (κ2) is 8.42. The third-order valence-corrected chi connectivity index (χ3v) is 3.37. The maximum Gasteiger partial charge on any atom is 0.137 e. The van der Waals surface area contributed by atoms with E-state index >= 15 is 0 Å². The van der Waals surface area contributed by atoms with Crippen molar-refractivity contribution in [3.8, 4) is 5.75 Å². The molecule has 3 heteroatoms. The summed E-state index contributed by atoms with van der Waals surface area (Å²) >= 11 is 0. The summed E-state index contributed by atoms with van der Waals surface area (Å²) in [6, 6.07) is 12.9. The molecule has 0 fully saturated rings. The van der Waals surface area contributed by atoms with Crippen molar-refractivity contribution in [1.29, 1.82) is 0 Å². The van der Waals surface area contributed by atoms with Gasteiger partial charge in [-0.15, -0.1) is 0 Å². The van der Waals surface area contributed by atoms with Crippen LogP contribution < -0.4 is 10.1 Å².